The molecule has 4 aliphatic rings. The molecule has 3 fully saturated rings. The van der Waals surface area contributed by atoms with Gasteiger partial charge in [-0.15, -0.1) is 0 Å². The molecule has 0 heterocycles. The lowest BCUT2D eigenvalue weighted by molar-refractivity contribution is -0.158. The van der Waals surface area contributed by atoms with Crippen LogP contribution < -0.4 is 0 Å². The molecule has 5 N–H and O–H groups in total. The van der Waals surface area contributed by atoms with Crippen LogP contribution in [0.1, 0.15) is 100 Å². The number of aliphatic hydroxyl groups is 5. The van der Waals surface area contributed by atoms with Crippen LogP contribution in [0, 0.1) is 45.3 Å². The van der Waals surface area contributed by atoms with Gasteiger partial charge in [-0.25, -0.2) is 0 Å². The minimum absolute atomic E-state index is 0.00201. The van der Waals surface area contributed by atoms with Crippen LogP contribution in [-0.4, -0.2) is 55.5 Å². The van der Waals surface area contributed by atoms with Gasteiger partial charge in [0.05, 0.1) is 17.8 Å². The number of aliphatic hydroxyl groups excluding tert-OH is 4. The van der Waals surface area contributed by atoms with E-state index in [-0.39, 0.29) is 39.6 Å². The third kappa shape index (κ3) is 3.81. The Balaban J connectivity index is 1.63. The lowest BCUT2D eigenvalue weighted by Gasteiger charge is -2.64. The summed E-state index contributed by atoms with van der Waals surface area (Å²) in [5.41, 5.74) is 0.300. The van der Waals surface area contributed by atoms with E-state index < -0.39 is 23.9 Å². The zero-order valence-corrected chi connectivity index (χ0v) is 23.4. The molecule has 11 atom stereocenters. The molecule has 0 radical (unpaired) electrons. The van der Waals surface area contributed by atoms with E-state index in [9.17, 15) is 25.5 Å². The Hall–Kier alpha value is -0.460. The van der Waals surface area contributed by atoms with Crippen molar-refractivity contribution in [2.45, 2.75) is 130 Å². The van der Waals surface area contributed by atoms with Crippen LogP contribution in [0.3, 0.4) is 0 Å². The standard InChI is InChI=1S/C30H52O5/c1-17(23(32)24(33)25(34)27(4,5)35)18-11-15-30(8)20-9-10-21-26(2,3)22(31)13-14-28(21,6)19(20)12-16-29(18,30)7/h9,17-19,21-25,31-35H,10-16H2,1-8H3/t17-,18+,19+,21+,22+,23?,24?,25?,28-,29+,30-/m1/s1. The van der Waals surface area contributed by atoms with E-state index in [0.29, 0.717) is 11.8 Å². The Morgan fingerprint density at radius 2 is 1.54 bits per heavy atom. The molecule has 4 rings (SSSR count). The van der Waals surface area contributed by atoms with Gasteiger partial charge >= 0.3 is 0 Å². The normalized spacial score (nSPS) is 46.5. The van der Waals surface area contributed by atoms with E-state index in [4.69, 9.17) is 0 Å². The summed E-state index contributed by atoms with van der Waals surface area (Å²) in [6, 6.07) is 0. The van der Waals surface area contributed by atoms with E-state index >= 15 is 0 Å². The maximum absolute atomic E-state index is 11.1. The summed E-state index contributed by atoms with van der Waals surface area (Å²) in [6.45, 7) is 16.8. The number of rotatable bonds is 5. The van der Waals surface area contributed by atoms with Crippen molar-refractivity contribution in [1.29, 1.82) is 0 Å². The molecule has 0 aromatic heterocycles. The third-order valence-electron chi connectivity index (χ3n) is 12.4. The van der Waals surface area contributed by atoms with Gasteiger partial charge < -0.3 is 25.5 Å². The SMILES string of the molecule is C[C@@H](C(O)C(O)C(O)C(C)(C)O)[C@@H]1CC[C@]2(C)C3=CC[C@H]4C(C)(C)[C@@H](O)CC[C@]4(C)[C@H]3CC[C@@]12C. The van der Waals surface area contributed by atoms with Crippen molar-refractivity contribution in [3.05, 3.63) is 11.6 Å². The molecule has 0 aromatic carbocycles. The lowest BCUT2D eigenvalue weighted by Crippen LogP contribution is -2.58. The quantitative estimate of drug-likeness (QED) is 0.365. The van der Waals surface area contributed by atoms with Crippen molar-refractivity contribution >= 4 is 0 Å². The van der Waals surface area contributed by atoms with Crippen LogP contribution in [0.4, 0.5) is 0 Å². The smallest absolute Gasteiger partial charge is 0.110 e. The first-order valence-corrected chi connectivity index (χ1v) is 14.1. The molecule has 5 nitrogen and oxygen atoms in total. The number of allylic oxidation sites excluding steroid dienone is 2. The minimum atomic E-state index is -1.48. The molecule has 0 aliphatic heterocycles. The van der Waals surface area contributed by atoms with Gasteiger partial charge in [-0.05, 0) is 104 Å². The fourth-order valence-corrected chi connectivity index (χ4v) is 9.74. The predicted molar refractivity (Wildman–Crippen MR) is 138 cm³/mol. The molecule has 4 aliphatic carbocycles. The highest BCUT2D eigenvalue weighted by atomic mass is 16.4. The van der Waals surface area contributed by atoms with Crippen molar-refractivity contribution in [1.82, 2.24) is 0 Å². The molecule has 5 heteroatoms. The van der Waals surface area contributed by atoms with Crippen molar-refractivity contribution in [3.63, 3.8) is 0 Å². The van der Waals surface area contributed by atoms with Crippen LogP contribution in [-0.2, 0) is 0 Å². The largest absolute Gasteiger partial charge is 0.393 e. The summed E-state index contributed by atoms with van der Waals surface area (Å²) >= 11 is 0. The molecule has 202 valence electrons. The van der Waals surface area contributed by atoms with Gasteiger partial charge in [0.15, 0.2) is 0 Å². The van der Waals surface area contributed by atoms with E-state index in [1.807, 2.05) is 6.92 Å². The number of hydrogen-bond acceptors (Lipinski definition) is 5. The van der Waals surface area contributed by atoms with Crippen molar-refractivity contribution in [3.8, 4) is 0 Å². The zero-order valence-electron chi connectivity index (χ0n) is 23.4. The average molecular weight is 493 g/mol. The lowest BCUT2D eigenvalue weighted by atomic mass is 9.41. The van der Waals surface area contributed by atoms with Crippen molar-refractivity contribution in [2.24, 2.45) is 45.3 Å². The summed E-state index contributed by atoms with van der Waals surface area (Å²) < 4.78 is 0. The first kappa shape index (κ1) is 27.6. The Bertz CT molecular complexity index is 844. The highest BCUT2D eigenvalue weighted by molar-refractivity contribution is 5.33. The highest BCUT2D eigenvalue weighted by Crippen LogP contribution is 2.73. The van der Waals surface area contributed by atoms with Gasteiger partial charge in [0.1, 0.15) is 12.2 Å². The van der Waals surface area contributed by atoms with Gasteiger partial charge in [-0.1, -0.05) is 53.2 Å². The summed E-state index contributed by atoms with van der Waals surface area (Å²) in [5, 5.41) is 53.3. The summed E-state index contributed by atoms with van der Waals surface area (Å²) in [6.07, 6.45) is 5.68. The molecule has 0 amide bonds. The predicted octanol–water partition coefficient (Wildman–Crippen LogP) is 4.44. The zero-order chi connectivity index (χ0) is 26.4. The third-order valence-corrected chi connectivity index (χ3v) is 12.4. The molecule has 3 saturated carbocycles. The van der Waals surface area contributed by atoms with Crippen LogP contribution >= 0.6 is 0 Å². The molecule has 0 saturated heterocycles. The summed E-state index contributed by atoms with van der Waals surface area (Å²) in [4.78, 5) is 0. The molecular weight excluding hydrogens is 440 g/mol. The fraction of sp³-hybridized carbons (Fsp3) is 0.933. The van der Waals surface area contributed by atoms with E-state index in [1.165, 1.54) is 13.8 Å². The summed E-state index contributed by atoms with van der Waals surface area (Å²) in [7, 11) is 0. The van der Waals surface area contributed by atoms with E-state index in [2.05, 4.69) is 40.7 Å². The van der Waals surface area contributed by atoms with Crippen molar-refractivity contribution in [2.75, 3.05) is 0 Å². The number of fused-ring (bicyclic) bond motifs is 5. The summed E-state index contributed by atoms with van der Waals surface area (Å²) in [5.74, 6) is 1.05. The Morgan fingerprint density at radius 1 is 0.914 bits per heavy atom. The Labute approximate surface area is 213 Å². The minimum Gasteiger partial charge on any atom is -0.393 e. The van der Waals surface area contributed by atoms with Gasteiger partial charge in [0, 0.05) is 0 Å². The highest BCUT2D eigenvalue weighted by Gasteiger charge is 2.65. The van der Waals surface area contributed by atoms with Crippen LogP contribution in [0.15, 0.2) is 11.6 Å². The van der Waals surface area contributed by atoms with Gasteiger partial charge in [-0.3, -0.25) is 0 Å². The van der Waals surface area contributed by atoms with E-state index in [1.54, 1.807) is 5.57 Å². The molecular formula is C30H52O5. The van der Waals surface area contributed by atoms with Crippen LogP contribution in [0.5, 0.6) is 0 Å². The Morgan fingerprint density at radius 3 is 2.14 bits per heavy atom. The Kier molecular flexibility index (Phi) is 6.72. The second kappa shape index (κ2) is 8.53. The topological polar surface area (TPSA) is 101 Å². The second-order valence-corrected chi connectivity index (χ2v) is 14.8. The van der Waals surface area contributed by atoms with Crippen LogP contribution in [0.2, 0.25) is 0 Å². The van der Waals surface area contributed by atoms with Gasteiger partial charge in [0.25, 0.3) is 0 Å². The monoisotopic (exact) mass is 492 g/mol. The number of hydrogen-bond donors (Lipinski definition) is 5. The first-order valence-electron chi connectivity index (χ1n) is 14.1. The fourth-order valence-electron chi connectivity index (χ4n) is 9.74. The van der Waals surface area contributed by atoms with Crippen molar-refractivity contribution < 1.29 is 25.5 Å². The molecule has 3 unspecified atom stereocenters. The van der Waals surface area contributed by atoms with Gasteiger partial charge in [-0.2, -0.15) is 0 Å². The van der Waals surface area contributed by atoms with E-state index in [0.717, 1.165) is 44.9 Å². The second-order valence-electron chi connectivity index (χ2n) is 14.8. The van der Waals surface area contributed by atoms with Gasteiger partial charge in [0.2, 0.25) is 0 Å². The first-order chi connectivity index (χ1) is 15.9. The molecule has 0 aromatic rings. The van der Waals surface area contributed by atoms with Crippen LogP contribution in [0.25, 0.3) is 0 Å². The molecule has 35 heavy (non-hydrogen) atoms. The maximum atomic E-state index is 11.1. The molecule has 0 bridgehead atoms. The maximum Gasteiger partial charge on any atom is 0.110 e. The molecule has 0 spiro atoms. The average Bonchev–Trinajstić information content (AvgIpc) is 3.05.